The Balaban J connectivity index is 2.09. The van der Waals surface area contributed by atoms with Gasteiger partial charge in [-0.15, -0.1) is 0 Å². The summed E-state index contributed by atoms with van der Waals surface area (Å²) in [5, 5.41) is 0.939. The number of hydrogen-bond acceptors (Lipinski definition) is 2. The van der Waals surface area contributed by atoms with E-state index in [1.807, 2.05) is 0 Å². The van der Waals surface area contributed by atoms with Crippen LogP contribution in [0, 0.1) is 0 Å². The molecular weight excluding hydrogens is 194 g/mol. The Bertz CT molecular complexity index is 236. The SMILES string of the molecule is CN1CCN(C2(N)CCCCC2)C1=S. The Labute approximate surface area is 91.2 Å². The predicted molar refractivity (Wildman–Crippen MR) is 61.9 cm³/mol. The molecule has 4 heteroatoms. The van der Waals surface area contributed by atoms with Gasteiger partial charge in [0, 0.05) is 20.1 Å². The van der Waals surface area contributed by atoms with E-state index in [9.17, 15) is 0 Å². The molecule has 3 nitrogen and oxygen atoms in total. The third kappa shape index (κ3) is 1.61. The maximum Gasteiger partial charge on any atom is 0.172 e. The lowest BCUT2D eigenvalue weighted by molar-refractivity contribution is 0.137. The molecule has 0 unspecified atom stereocenters. The summed E-state index contributed by atoms with van der Waals surface area (Å²) in [4.78, 5) is 4.36. The second-order valence-corrected chi connectivity index (χ2v) is 4.89. The van der Waals surface area contributed by atoms with Crippen LogP contribution in [0.15, 0.2) is 0 Å². The number of likely N-dealkylation sites (N-methyl/N-ethyl adjacent to an activating group) is 1. The molecule has 0 aromatic heterocycles. The van der Waals surface area contributed by atoms with Gasteiger partial charge in [-0.05, 0) is 37.9 Å². The van der Waals surface area contributed by atoms with Crippen molar-refractivity contribution in [2.75, 3.05) is 20.1 Å². The van der Waals surface area contributed by atoms with Crippen molar-refractivity contribution < 1.29 is 0 Å². The summed E-state index contributed by atoms with van der Waals surface area (Å²) in [7, 11) is 2.05. The molecular formula is C10H19N3S. The fourth-order valence-corrected chi connectivity index (χ4v) is 2.86. The van der Waals surface area contributed by atoms with Crippen LogP contribution in [0.2, 0.25) is 0 Å². The Hall–Kier alpha value is -0.350. The Morgan fingerprint density at radius 1 is 1.21 bits per heavy atom. The molecule has 1 saturated heterocycles. The third-order valence-electron chi connectivity index (χ3n) is 3.47. The molecule has 1 saturated carbocycles. The van der Waals surface area contributed by atoms with Gasteiger partial charge in [-0.1, -0.05) is 6.42 Å². The van der Waals surface area contributed by atoms with E-state index in [2.05, 4.69) is 16.8 Å². The lowest BCUT2D eigenvalue weighted by Crippen LogP contribution is -2.58. The van der Waals surface area contributed by atoms with E-state index in [4.69, 9.17) is 18.0 Å². The minimum absolute atomic E-state index is 0.139. The minimum Gasteiger partial charge on any atom is -0.350 e. The van der Waals surface area contributed by atoms with Crippen molar-refractivity contribution in [2.45, 2.75) is 37.8 Å². The zero-order chi connectivity index (χ0) is 10.2. The van der Waals surface area contributed by atoms with Crippen LogP contribution < -0.4 is 5.73 Å². The number of nitrogens with zero attached hydrogens (tertiary/aromatic N) is 2. The highest BCUT2D eigenvalue weighted by molar-refractivity contribution is 7.80. The van der Waals surface area contributed by atoms with Crippen LogP contribution in [0.4, 0.5) is 0 Å². The van der Waals surface area contributed by atoms with Crippen molar-refractivity contribution in [3.8, 4) is 0 Å². The Morgan fingerprint density at radius 3 is 2.36 bits per heavy atom. The lowest BCUT2D eigenvalue weighted by atomic mass is 9.88. The smallest absolute Gasteiger partial charge is 0.172 e. The number of thiocarbonyl (C=S) groups is 1. The summed E-state index contributed by atoms with van der Waals surface area (Å²) in [5.74, 6) is 0. The minimum atomic E-state index is -0.139. The van der Waals surface area contributed by atoms with Crippen LogP contribution in [0.1, 0.15) is 32.1 Å². The number of rotatable bonds is 1. The summed E-state index contributed by atoms with van der Waals surface area (Å²) in [6.07, 6.45) is 6.02. The summed E-state index contributed by atoms with van der Waals surface area (Å²) in [5.41, 5.74) is 6.29. The van der Waals surface area contributed by atoms with Gasteiger partial charge in [0.25, 0.3) is 0 Å². The molecule has 2 N–H and O–H groups in total. The Morgan fingerprint density at radius 2 is 1.86 bits per heavy atom. The standard InChI is InChI=1S/C10H19N3S/c1-12-7-8-13(9(12)14)10(11)5-3-2-4-6-10/h2-8,11H2,1H3. The summed E-state index contributed by atoms with van der Waals surface area (Å²) < 4.78 is 0. The molecule has 80 valence electrons. The van der Waals surface area contributed by atoms with Crippen molar-refractivity contribution >= 4 is 17.3 Å². The first-order valence-corrected chi connectivity index (χ1v) is 5.86. The molecule has 1 heterocycles. The monoisotopic (exact) mass is 213 g/mol. The van der Waals surface area contributed by atoms with Crippen molar-refractivity contribution in [1.29, 1.82) is 0 Å². The van der Waals surface area contributed by atoms with E-state index >= 15 is 0 Å². The molecule has 0 radical (unpaired) electrons. The quantitative estimate of drug-likeness (QED) is 0.662. The fraction of sp³-hybridized carbons (Fsp3) is 0.900. The molecule has 14 heavy (non-hydrogen) atoms. The summed E-state index contributed by atoms with van der Waals surface area (Å²) in [6, 6.07) is 0. The van der Waals surface area contributed by atoms with Gasteiger partial charge >= 0.3 is 0 Å². The molecule has 0 atom stereocenters. The molecule has 0 amide bonds. The highest BCUT2D eigenvalue weighted by atomic mass is 32.1. The number of hydrogen-bond donors (Lipinski definition) is 1. The maximum atomic E-state index is 6.43. The van der Waals surface area contributed by atoms with Gasteiger partial charge in [-0.3, -0.25) is 0 Å². The van der Waals surface area contributed by atoms with Crippen molar-refractivity contribution in [2.24, 2.45) is 5.73 Å². The second kappa shape index (κ2) is 3.66. The van der Waals surface area contributed by atoms with Gasteiger partial charge in [0.15, 0.2) is 5.11 Å². The van der Waals surface area contributed by atoms with Gasteiger partial charge in [-0.25, -0.2) is 0 Å². The highest BCUT2D eigenvalue weighted by Gasteiger charge is 2.39. The highest BCUT2D eigenvalue weighted by Crippen LogP contribution is 2.31. The summed E-state index contributed by atoms with van der Waals surface area (Å²) >= 11 is 5.39. The normalized spacial score (nSPS) is 27.1. The number of nitrogens with two attached hydrogens (primary N) is 1. The molecule has 0 aromatic rings. The van der Waals surface area contributed by atoms with Crippen LogP contribution in [0.5, 0.6) is 0 Å². The molecule has 0 bridgehead atoms. The zero-order valence-electron chi connectivity index (χ0n) is 8.83. The molecule has 1 aliphatic carbocycles. The molecule has 1 aliphatic heterocycles. The van der Waals surface area contributed by atoms with Crippen LogP contribution >= 0.6 is 12.2 Å². The van der Waals surface area contributed by atoms with Crippen LogP contribution in [0.25, 0.3) is 0 Å². The van der Waals surface area contributed by atoms with Gasteiger partial charge in [-0.2, -0.15) is 0 Å². The predicted octanol–water partition coefficient (Wildman–Crippen LogP) is 1.14. The fourth-order valence-electron chi connectivity index (χ4n) is 2.49. The average Bonchev–Trinajstić information content (AvgIpc) is 2.49. The van der Waals surface area contributed by atoms with Gasteiger partial charge < -0.3 is 15.5 Å². The zero-order valence-corrected chi connectivity index (χ0v) is 9.65. The molecule has 0 aromatic carbocycles. The average molecular weight is 213 g/mol. The van der Waals surface area contributed by atoms with E-state index in [0.717, 1.165) is 31.0 Å². The largest absolute Gasteiger partial charge is 0.350 e. The van der Waals surface area contributed by atoms with E-state index in [1.54, 1.807) is 0 Å². The van der Waals surface area contributed by atoms with Gasteiger partial charge in [0.05, 0.1) is 5.66 Å². The Kier molecular flexibility index (Phi) is 2.66. The molecule has 2 aliphatic rings. The maximum absolute atomic E-state index is 6.43. The van der Waals surface area contributed by atoms with Crippen molar-refractivity contribution in [1.82, 2.24) is 9.80 Å². The first-order valence-electron chi connectivity index (χ1n) is 5.45. The first-order chi connectivity index (χ1) is 6.63. The molecule has 0 spiro atoms. The van der Waals surface area contributed by atoms with Gasteiger partial charge in [0.1, 0.15) is 0 Å². The van der Waals surface area contributed by atoms with E-state index in [0.29, 0.717) is 0 Å². The van der Waals surface area contributed by atoms with Crippen LogP contribution in [0.3, 0.4) is 0 Å². The third-order valence-corrected chi connectivity index (χ3v) is 4.01. The molecule has 2 fully saturated rings. The topological polar surface area (TPSA) is 32.5 Å². The van der Waals surface area contributed by atoms with Crippen LogP contribution in [-0.2, 0) is 0 Å². The summed E-state index contributed by atoms with van der Waals surface area (Å²) in [6.45, 7) is 2.03. The second-order valence-electron chi connectivity index (χ2n) is 4.52. The first kappa shape index (κ1) is 10.2. The lowest BCUT2D eigenvalue weighted by Gasteiger charge is -2.42. The molecule has 2 rings (SSSR count). The van der Waals surface area contributed by atoms with E-state index < -0.39 is 0 Å². The van der Waals surface area contributed by atoms with Crippen molar-refractivity contribution in [3.05, 3.63) is 0 Å². The van der Waals surface area contributed by atoms with Crippen LogP contribution in [-0.4, -0.2) is 40.7 Å². The van der Waals surface area contributed by atoms with E-state index in [1.165, 1.54) is 19.3 Å². The van der Waals surface area contributed by atoms with Gasteiger partial charge in [0.2, 0.25) is 0 Å². The van der Waals surface area contributed by atoms with E-state index in [-0.39, 0.29) is 5.66 Å². The van der Waals surface area contributed by atoms with Crippen molar-refractivity contribution in [3.63, 3.8) is 0 Å².